The van der Waals surface area contributed by atoms with E-state index in [1.54, 1.807) is 19.4 Å². The Morgan fingerprint density at radius 1 is 1.37 bits per heavy atom. The number of hydrogen-bond donors (Lipinski definition) is 0. The molecule has 5 nitrogen and oxygen atoms in total. The van der Waals surface area contributed by atoms with Crippen molar-refractivity contribution in [1.82, 2.24) is 20.1 Å². The molecule has 0 radical (unpaired) electrons. The van der Waals surface area contributed by atoms with Gasteiger partial charge in [0.1, 0.15) is 0 Å². The first-order valence-electron chi connectivity index (χ1n) is 5.41. The molecule has 2 aromatic rings. The standard InChI is InChI=1S/C12H10Cl2N4O/c1-18(7-8-3-2-4-15-6-8)12(19)9-5-10(13)16-17-11(9)14/h2-6H,7H2,1H3. The molecule has 0 saturated carbocycles. The summed E-state index contributed by atoms with van der Waals surface area (Å²) in [6.45, 7) is 0.420. The first-order valence-corrected chi connectivity index (χ1v) is 6.16. The summed E-state index contributed by atoms with van der Waals surface area (Å²) in [7, 11) is 1.67. The van der Waals surface area contributed by atoms with Gasteiger partial charge < -0.3 is 4.90 Å². The van der Waals surface area contributed by atoms with Crippen LogP contribution in [0.15, 0.2) is 30.6 Å². The van der Waals surface area contributed by atoms with Crippen LogP contribution in [0.25, 0.3) is 0 Å². The molecule has 7 heteroatoms. The number of rotatable bonds is 3. The summed E-state index contributed by atoms with van der Waals surface area (Å²) in [5.41, 5.74) is 1.15. The summed E-state index contributed by atoms with van der Waals surface area (Å²) in [5.74, 6) is -0.273. The zero-order valence-corrected chi connectivity index (χ0v) is 11.6. The van der Waals surface area contributed by atoms with Crippen LogP contribution in [0.4, 0.5) is 0 Å². The molecule has 1 amide bonds. The molecule has 0 N–H and O–H groups in total. The van der Waals surface area contributed by atoms with Crippen LogP contribution in [-0.4, -0.2) is 33.0 Å². The Labute approximate surface area is 120 Å². The van der Waals surface area contributed by atoms with Crippen LogP contribution < -0.4 is 0 Å². The van der Waals surface area contributed by atoms with Gasteiger partial charge in [0.25, 0.3) is 5.91 Å². The first-order chi connectivity index (χ1) is 9.08. The van der Waals surface area contributed by atoms with E-state index in [1.165, 1.54) is 11.0 Å². The molecule has 0 aromatic carbocycles. The zero-order chi connectivity index (χ0) is 13.8. The molecular formula is C12H10Cl2N4O. The van der Waals surface area contributed by atoms with Gasteiger partial charge in [0, 0.05) is 26.0 Å². The maximum absolute atomic E-state index is 12.2. The van der Waals surface area contributed by atoms with Crippen molar-refractivity contribution < 1.29 is 4.79 Å². The van der Waals surface area contributed by atoms with Gasteiger partial charge in [-0.2, -0.15) is 0 Å². The second-order valence-electron chi connectivity index (χ2n) is 3.89. The highest BCUT2D eigenvalue weighted by molar-refractivity contribution is 6.34. The molecule has 2 aromatic heterocycles. The monoisotopic (exact) mass is 296 g/mol. The Morgan fingerprint density at radius 3 is 2.84 bits per heavy atom. The van der Waals surface area contributed by atoms with E-state index >= 15 is 0 Å². The molecule has 0 atom stereocenters. The number of amides is 1. The molecule has 0 aliphatic carbocycles. The van der Waals surface area contributed by atoms with E-state index in [0.717, 1.165) is 5.56 Å². The second-order valence-corrected chi connectivity index (χ2v) is 4.64. The number of nitrogens with zero attached hydrogens (tertiary/aromatic N) is 4. The number of carbonyl (C=O) groups is 1. The maximum atomic E-state index is 12.2. The zero-order valence-electron chi connectivity index (χ0n) is 10.0. The van der Waals surface area contributed by atoms with Crippen LogP contribution in [0, 0.1) is 0 Å². The third-order valence-electron chi connectivity index (χ3n) is 2.44. The van der Waals surface area contributed by atoms with E-state index in [1.807, 2.05) is 12.1 Å². The van der Waals surface area contributed by atoms with E-state index < -0.39 is 0 Å². The molecule has 98 valence electrons. The van der Waals surface area contributed by atoms with E-state index in [-0.39, 0.29) is 21.8 Å². The van der Waals surface area contributed by atoms with Crippen molar-refractivity contribution in [2.75, 3.05) is 7.05 Å². The highest BCUT2D eigenvalue weighted by Gasteiger charge is 2.17. The lowest BCUT2D eigenvalue weighted by atomic mass is 10.2. The van der Waals surface area contributed by atoms with Crippen molar-refractivity contribution in [3.8, 4) is 0 Å². The van der Waals surface area contributed by atoms with Gasteiger partial charge in [0.15, 0.2) is 10.3 Å². The van der Waals surface area contributed by atoms with Crippen molar-refractivity contribution in [2.45, 2.75) is 6.54 Å². The number of hydrogen-bond acceptors (Lipinski definition) is 4. The number of carbonyl (C=O) groups excluding carboxylic acids is 1. The second kappa shape index (κ2) is 5.95. The Hall–Kier alpha value is -1.72. The van der Waals surface area contributed by atoms with Gasteiger partial charge in [-0.15, -0.1) is 10.2 Å². The van der Waals surface area contributed by atoms with Gasteiger partial charge in [0.2, 0.25) is 0 Å². The lowest BCUT2D eigenvalue weighted by Crippen LogP contribution is -2.26. The maximum Gasteiger partial charge on any atom is 0.257 e. The van der Waals surface area contributed by atoms with Crippen molar-refractivity contribution >= 4 is 29.1 Å². The van der Waals surface area contributed by atoms with Crippen molar-refractivity contribution in [3.63, 3.8) is 0 Å². The third kappa shape index (κ3) is 3.39. The van der Waals surface area contributed by atoms with Crippen molar-refractivity contribution in [3.05, 3.63) is 52.0 Å². The third-order valence-corrected chi connectivity index (χ3v) is 2.90. The van der Waals surface area contributed by atoms with E-state index in [2.05, 4.69) is 15.2 Å². The van der Waals surface area contributed by atoms with E-state index in [0.29, 0.717) is 6.54 Å². The fourth-order valence-corrected chi connectivity index (χ4v) is 1.87. The number of aromatic nitrogens is 3. The SMILES string of the molecule is CN(Cc1cccnc1)C(=O)c1cc(Cl)nnc1Cl. The summed E-state index contributed by atoms with van der Waals surface area (Å²) in [5, 5.41) is 7.34. The van der Waals surface area contributed by atoms with Gasteiger partial charge in [-0.25, -0.2) is 0 Å². The fourth-order valence-electron chi connectivity index (χ4n) is 1.55. The van der Waals surface area contributed by atoms with E-state index in [4.69, 9.17) is 23.2 Å². The Morgan fingerprint density at radius 2 is 2.16 bits per heavy atom. The average molecular weight is 297 g/mol. The highest BCUT2D eigenvalue weighted by atomic mass is 35.5. The van der Waals surface area contributed by atoms with Crippen LogP contribution in [0.2, 0.25) is 10.3 Å². The quantitative estimate of drug-likeness (QED) is 0.873. The van der Waals surface area contributed by atoms with Gasteiger partial charge in [-0.3, -0.25) is 9.78 Å². The van der Waals surface area contributed by atoms with Gasteiger partial charge in [-0.1, -0.05) is 29.3 Å². The lowest BCUT2D eigenvalue weighted by Gasteiger charge is -2.17. The minimum Gasteiger partial charge on any atom is -0.337 e. The smallest absolute Gasteiger partial charge is 0.257 e. The largest absolute Gasteiger partial charge is 0.337 e. The van der Waals surface area contributed by atoms with Crippen LogP contribution >= 0.6 is 23.2 Å². The molecule has 0 spiro atoms. The summed E-state index contributed by atoms with van der Waals surface area (Å²) < 4.78 is 0. The van der Waals surface area contributed by atoms with Crippen LogP contribution in [-0.2, 0) is 6.54 Å². The van der Waals surface area contributed by atoms with Gasteiger partial charge in [-0.05, 0) is 17.7 Å². The molecule has 0 aliphatic rings. The summed E-state index contributed by atoms with van der Waals surface area (Å²) in [6, 6.07) is 5.10. The molecule has 0 saturated heterocycles. The number of halogens is 2. The molecule has 19 heavy (non-hydrogen) atoms. The molecular weight excluding hydrogens is 287 g/mol. The molecule has 0 bridgehead atoms. The minimum absolute atomic E-state index is 0.0347. The highest BCUT2D eigenvalue weighted by Crippen LogP contribution is 2.17. The Kier molecular flexibility index (Phi) is 4.29. The Balaban J connectivity index is 2.17. The summed E-state index contributed by atoms with van der Waals surface area (Å²) in [4.78, 5) is 17.7. The molecule has 0 fully saturated rings. The lowest BCUT2D eigenvalue weighted by molar-refractivity contribution is 0.0784. The normalized spacial score (nSPS) is 10.3. The minimum atomic E-state index is -0.273. The van der Waals surface area contributed by atoms with Gasteiger partial charge >= 0.3 is 0 Å². The Bertz CT molecular complexity index is 592. The fraction of sp³-hybridized carbons (Fsp3) is 0.167. The predicted molar refractivity (Wildman–Crippen MR) is 72.1 cm³/mol. The molecule has 2 heterocycles. The summed E-state index contributed by atoms with van der Waals surface area (Å²) >= 11 is 11.6. The van der Waals surface area contributed by atoms with Crippen LogP contribution in [0.1, 0.15) is 15.9 Å². The van der Waals surface area contributed by atoms with E-state index in [9.17, 15) is 4.79 Å². The predicted octanol–water partition coefficient (Wildman–Crippen LogP) is 2.45. The van der Waals surface area contributed by atoms with Crippen LogP contribution in [0.3, 0.4) is 0 Å². The number of pyridine rings is 1. The average Bonchev–Trinajstić information content (AvgIpc) is 2.42. The molecule has 2 rings (SSSR count). The van der Waals surface area contributed by atoms with Crippen LogP contribution in [0.5, 0.6) is 0 Å². The summed E-state index contributed by atoms with van der Waals surface area (Å²) in [6.07, 6.45) is 3.37. The van der Waals surface area contributed by atoms with Crippen molar-refractivity contribution in [1.29, 1.82) is 0 Å². The van der Waals surface area contributed by atoms with Crippen molar-refractivity contribution in [2.24, 2.45) is 0 Å². The topological polar surface area (TPSA) is 59.0 Å². The first kappa shape index (κ1) is 13.7. The molecule has 0 unspecified atom stereocenters. The van der Waals surface area contributed by atoms with Gasteiger partial charge in [0.05, 0.1) is 5.56 Å². The molecule has 0 aliphatic heterocycles.